The van der Waals surface area contributed by atoms with Crippen LogP contribution in [0.5, 0.6) is 23.0 Å². The van der Waals surface area contributed by atoms with Gasteiger partial charge in [-0.15, -0.1) is 10.2 Å². The summed E-state index contributed by atoms with van der Waals surface area (Å²) < 4.78 is 21.9. The van der Waals surface area contributed by atoms with Gasteiger partial charge in [0.1, 0.15) is 11.4 Å². The Labute approximate surface area is 234 Å². The minimum atomic E-state index is -0.320. The highest BCUT2D eigenvalue weighted by Gasteiger charge is 2.25. The number of hydrogen-bond acceptors (Lipinski definition) is 9. The highest BCUT2D eigenvalue weighted by Crippen LogP contribution is 2.38. The van der Waals surface area contributed by atoms with Gasteiger partial charge in [0.05, 0.1) is 33.7 Å². The van der Waals surface area contributed by atoms with Gasteiger partial charge in [-0.2, -0.15) is 0 Å². The maximum Gasteiger partial charge on any atom is 0.233 e. The van der Waals surface area contributed by atoms with E-state index in [0.29, 0.717) is 46.0 Å². The molecule has 10 heteroatoms. The summed E-state index contributed by atoms with van der Waals surface area (Å²) in [6.07, 6.45) is 6.28. The van der Waals surface area contributed by atoms with E-state index >= 15 is 0 Å². The van der Waals surface area contributed by atoms with Crippen LogP contribution in [0.4, 0.5) is 0 Å². The van der Waals surface area contributed by atoms with E-state index in [1.807, 2.05) is 43.3 Å². The van der Waals surface area contributed by atoms with Gasteiger partial charge >= 0.3 is 0 Å². The molecule has 39 heavy (non-hydrogen) atoms. The Bertz CT molecular complexity index is 1280. The van der Waals surface area contributed by atoms with E-state index in [9.17, 15) is 4.79 Å². The van der Waals surface area contributed by atoms with Crippen molar-refractivity contribution in [1.82, 2.24) is 20.5 Å². The zero-order chi connectivity index (χ0) is 27.8. The number of amides is 1. The fraction of sp³-hybridized carbons (Fsp3) is 0.448. The lowest BCUT2D eigenvalue weighted by Gasteiger charge is -2.24. The number of rotatable bonds is 11. The minimum absolute atomic E-state index is 0.0228. The zero-order valence-corrected chi connectivity index (χ0v) is 24.0. The van der Waals surface area contributed by atoms with E-state index in [4.69, 9.17) is 23.9 Å². The molecule has 1 fully saturated rings. The summed E-state index contributed by atoms with van der Waals surface area (Å²) in [7, 11) is 6.36. The molecule has 1 amide bonds. The molecule has 1 N–H and O–H groups in total. The molecule has 9 nitrogen and oxygen atoms in total. The van der Waals surface area contributed by atoms with Gasteiger partial charge in [-0.3, -0.25) is 4.79 Å². The Balaban J connectivity index is 1.72. The second-order valence-corrected chi connectivity index (χ2v) is 10.5. The lowest BCUT2D eigenvalue weighted by atomic mass is 9.95. The largest absolute Gasteiger partial charge is 0.493 e. The summed E-state index contributed by atoms with van der Waals surface area (Å²) >= 11 is 1.33. The minimum Gasteiger partial charge on any atom is -0.493 e. The first kappa shape index (κ1) is 28.5. The Hall–Kier alpha value is -3.53. The van der Waals surface area contributed by atoms with Crippen molar-refractivity contribution in [1.29, 1.82) is 0 Å². The van der Waals surface area contributed by atoms with Crippen LogP contribution in [0.15, 0.2) is 41.6 Å². The van der Waals surface area contributed by atoms with Crippen molar-refractivity contribution in [3.63, 3.8) is 0 Å². The molecule has 1 atom stereocenters. The highest BCUT2D eigenvalue weighted by atomic mass is 32.2. The maximum atomic E-state index is 13.1. The average molecular weight is 553 g/mol. The zero-order valence-electron chi connectivity index (χ0n) is 23.2. The predicted octanol–water partition coefficient (Wildman–Crippen LogP) is 5.56. The number of hydrogen-bond donors (Lipinski definition) is 1. The van der Waals surface area contributed by atoms with Crippen LogP contribution in [-0.4, -0.2) is 60.8 Å². The quantitative estimate of drug-likeness (QED) is 0.306. The molecule has 0 radical (unpaired) electrons. The number of carbonyl (C=O) groups is 1. The van der Waals surface area contributed by atoms with Gasteiger partial charge in [0.25, 0.3) is 0 Å². The third-order valence-electron chi connectivity index (χ3n) is 6.84. The normalized spacial score (nSPS) is 14.4. The molecular formula is C29H36N4O5S. The number of benzene rings is 2. The fourth-order valence-corrected chi connectivity index (χ4v) is 5.54. The van der Waals surface area contributed by atoms with Crippen LogP contribution in [-0.2, 0) is 4.79 Å². The van der Waals surface area contributed by atoms with Crippen LogP contribution in [0.3, 0.4) is 0 Å². The van der Waals surface area contributed by atoms with Crippen LogP contribution in [0.2, 0.25) is 0 Å². The molecule has 1 saturated carbocycles. The van der Waals surface area contributed by atoms with Gasteiger partial charge in [-0.1, -0.05) is 37.9 Å². The summed E-state index contributed by atoms with van der Waals surface area (Å²) in [5.41, 5.74) is 2.69. The Morgan fingerprint density at radius 2 is 1.41 bits per heavy atom. The van der Waals surface area contributed by atoms with Crippen molar-refractivity contribution in [3.05, 3.63) is 36.4 Å². The Morgan fingerprint density at radius 1 is 0.846 bits per heavy atom. The van der Waals surface area contributed by atoms with Crippen molar-refractivity contribution in [2.75, 3.05) is 28.4 Å². The molecule has 1 aliphatic rings. The molecule has 0 aliphatic heterocycles. The van der Waals surface area contributed by atoms with Gasteiger partial charge in [-0.05, 0) is 55.7 Å². The molecule has 3 aromatic rings. The lowest BCUT2D eigenvalue weighted by Crippen LogP contribution is -2.41. The molecule has 0 unspecified atom stereocenters. The molecule has 1 aromatic heterocycles. The smallest absolute Gasteiger partial charge is 0.233 e. The van der Waals surface area contributed by atoms with Crippen LogP contribution in [0.1, 0.15) is 45.4 Å². The summed E-state index contributed by atoms with van der Waals surface area (Å²) in [5.74, 6) is 2.38. The second-order valence-electron chi connectivity index (χ2n) is 9.29. The molecule has 0 bridgehead atoms. The van der Waals surface area contributed by atoms with Crippen LogP contribution in [0.25, 0.3) is 22.5 Å². The van der Waals surface area contributed by atoms with Crippen molar-refractivity contribution in [2.45, 2.75) is 61.9 Å². The van der Waals surface area contributed by atoms with E-state index in [-0.39, 0.29) is 17.2 Å². The van der Waals surface area contributed by atoms with E-state index in [0.717, 1.165) is 36.8 Å². The van der Waals surface area contributed by atoms with Crippen molar-refractivity contribution in [3.8, 4) is 45.5 Å². The van der Waals surface area contributed by atoms with Gasteiger partial charge in [0.2, 0.25) is 11.1 Å². The first-order chi connectivity index (χ1) is 19.0. The van der Waals surface area contributed by atoms with Crippen LogP contribution < -0.4 is 24.3 Å². The van der Waals surface area contributed by atoms with E-state index < -0.39 is 0 Å². The maximum absolute atomic E-state index is 13.1. The summed E-state index contributed by atoms with van der Waals surface area (Å²) in [5, 5.41) is 12.3. The van der Waals surface area contributed by atoms with Crippen LogP contribution >= 0.6 is 11.8 Å². The number of nitrogens with zero attached hydrogens (tertiary/aromatic N) is 3. The number of carbonyl (C=O) groups excluding carboxylic acids is 1. The van der Waals surface area contributed by atoms with Crippen molar-refractivity contribution in [2.24, 2.45) is 0 Å². The van der Waals surface area contributed by atoms with Gasteiger partial charge in [-0.25, -0.2) is 4.98 Å². The summed E-state index contributed by atoms with van der Waals surface area (Å²) in [6, 6.07) is 11.4. The molecular weight excluding hydrogens is 516 g/mol. The standard InChI is InChI=1S/C29H36N4O5S/c1-6-25(28(34)30-20-10-8-7-9-11-20)39-29-31-26(18-12-14-21(35-2)23(16-18)37-4)27(32-33-29)19-13-15-22(36-3)24(17-19)38-5/h12-17,20,25H,6-11H2,1-5H3,(H,30,34)/t25-/m0/s1. The predicted molar refractivity (Wildman–Crippen MR) is 152 cm³/mol. The van der Waals surface area contributed by atoms with Crippen molar-refractivity contribution < 1.29 is 23.7 Å². The van der Waals surface area contributed by atoms with E-state index in [1.165, 1.54) is 18.2 Å². The number of nitrogens with one attached hydrogen (secondary N) is 1. The Kier molecular flexibility index (Phi) is 9.86. The molecule has 1 heterocycles. The summed E-state index contributed by atoms with van der Waals surface area (Å²) in [6.45, 7) is 2.00. The SMILES string of the molecule is CC[C@H](Sc1nnc(-c2ccc(OC)c(OC)c2)c(-c2ccc(OC)c(OC)c2)n1)C(=O)NC1CCCCC1. The topological polar surface area (TPSA) is 105 Å². The molecule has 4 rings (SSSR count). The van der Waals surface area contributed by atoms with E-state index in [1.54, 1.807) is 28.4 Å². The lowest BCUT2D eigenvalue weighted by molar-refractivity contribution is -0.121. The van der Waals surface area contributed by atoms with Gasteiger partial charge in [0, 0.05) is 17.2 Å². The fourth-order valence-electron chi connectivity index (χ4n) is 4.71. The number of ether oxygens (including phenoxy) is 4. The second kappa shape index (κ2) is 13.5. The number of methoxy groups -OCH3 is 4. The third-order valence-corrected chi connectivity index (χ3v) is 8.06. The molecule has 0 spiro atoms. The highest BCUT2D eigenvalue weighted by molar-refractivity contribution is 8.00. The van der Waals surface area contributed by atoms with E-state index in [2.05, 4.69) is 15.5 Å². The first-order valence-corrected chi connectivity index (χ1v) is 14.1. The number of thioether (sulfide) groups is 1. The number of aromatic nitrogens is 3. The summed E-state index contributed by atoms with van der Waals surface area (Å²) in [4.78, 5) is 18.0. The van der Waals surface area contributed by atoms with Gasteiger partial charge < -0.3 is 24.3 Å². The van der Waals surface area contributed by atoms with Crippen molar-refractivity contribution >= 4 is 17.7 Å². The Morgan fingerprint density at radius 3 is 1.95 bits per heavy atom. The molecule has 208 valence electrons. The molecule has 0 saturated heterocycles. The first-order valence-electron chi connectivity index (χ1n) is 13.2. The van der Waals surface area contributed by atoms with Gasteiger partial charge in [0.15, 0.2) is 23.0 Å². The molecule has 2 aromatic carbocycles. The third kappa shape index (κ3) is 6.73. The molecule has 1 aliphatic carbocycles. The van der Waals surface area contributed by atoms with Crippen LogP contribution in [0, 0.1) is 0 Å². The monoisotopic (exact) mass is 552 g/mol. The average Bonchev–Trinajstić information content (AvgIpc) is 2.99.